The average molecular weight is 308 g/mol. The number of rotatable bonds is 2. The van der Waals surface area contributed by atoms with Crippen molar-refractivity contribution in [1.29, 1.82) is 0 Å². The van der Waals surface area contributed by atoms with Gasteiger partial charge in [-0.2, -0.15) is 5.10 Å². The summed E-state index contributed by atoms with van der Waals surface area (Å²) in [6.45, 7) is 0. The molecule has 2 aromatic heterocycles. The molecule has 1 aromatic carbocycles. The molecular weight excluding hydrogens is 292 g/mol. The summed E-state index contributed by atoms with van der Waals surface area (Å²) in [7, 11) is 0. The first kappa shape index (κ1) is 13.8. The number of aromatic amines is 2. The number of fused-ring (bicyclic) bond motifs is 3. The number of aromatic nitrogens is 3. The molecule has 0 fully saturated rings. The monoisotopic (exact) mass is 308 g/mol. The molecular formula is C17H16N4O2. The number of hydrogen-bond acceptors (Lipinski definition) is 3. The summed E-state index contributed by atoms with van der Waals surface area (Å²) in [5.74, 6) is -0.259. The summed E-state index contributed by atoms with van der Waals surface area (Å²) in [6, 6.07) is 11.1. The highest BCUT2D eigenvalue weighted by Gasteiger charge is 2.24. The fourth-order valence-electron chi connectivity index (χ4n) is 3.24. The van der Waals surface area contributed by atoms with Crippen molar-refractivity contribution in [2.75, 3.05) is 0 Å². The molecule has 23 heavy (non-hydrogen) atoms. The molecule has 6 heteroatoms. The third-order valence-corrected chi connectivity index (χ3v) is 4.34. The van der Waals surface area contributed by atoms with Gasteiger partial charge in [-0.05, 0) is 30.5 Å². The van der Waals surface area contributed by atoms with Gasteiger partial charge in [-0.25, -0.2) is 5.10 Å². The molecule has 1 aliphatic rings. The smallest absolute Gasteiger partial charge is 0.271 e. The van der Waals surface area contributed by atoms with Gasteiger partial charge in [-0.1, -0.05) is 18.2 Å². The average Bonchev–Trinajstić information content (AvgIpc) is 2.93. The maximum absolute atomic E-state index is 12.2. The molecule has 4 rings (SSSR count). The summed E-state index contributed by atoms with van der Waals surface area (Å²) in [6.07, 6.45) is 2.60. The van der Waals surface area contributed by atoms with E-state index < -0.39 is 0 Å². The zero-order valence-electron chi connectivity index (χ0n) is 12.4. The molecule has 0 saturated heterocycles. The van der Waals surface area contributed by atoms with Crippen molar-refractivity contribution in [2.45, 2.75) is 25.3 Å². The molecule has 1 atom stereocenters. The van der Waals surface area contributed by atoms with Crippen LogP contribution < -0.4 is 10.9 Å². The fourth-order valence-corrected chi connectivity index (χ4v) is 3.24. The lowest BCUT2D eigenvalue weighted by Gasteiger charge is -2.23. The molecule has 1 amide bonds. The Morgan fingerprint density at radius 1 is 1.22 bits per heavy atom. The Morgan fingerprint density at radius 2 is 2.09 bits per heavy atom. The number of carbonyl (C=O) groups is 1. The Morgan fingerprint density at radius 3 is 2.91 bits per heavy atom. The van der Waals surface area contributed by atoms with Crippen molar-refractivity contribution in [2.24, 2.45) is 0 Å². The number of nitrogens with one attached hydrogen (secondary N) is 3. The van der Waals surface area contributed by atoms with Crippen molar-refractivity contribution in [3.8, 4) is 0 Å². The van der Waals surface area contributed by atoms with Crippen molar-refractivity contribution in [1.82, 2.24) is 20.5 Å². The Labute approximate surface area is 131 Å². The van der Waals surface area contributed by atoms with Crippen LogP contribution in [0.5, 0.6) is 0 Å². The van der Waals surface area contributed by atoms with Gasteiger partial charge in [0.1, 0.15) is 5.69 Å². The van der Waals surface area contributed by atoms with Crippen LogP contribution in [0.25, 0.3) is 10.9 Å². The number of nitrogens with zero attached hydrogens (tertiary/aromatic N) is 1. The van der Waals surface area contributed by atoms with E-state index in [-0.39, 0.29) is 23.2 Å². The van der Waals surface area contributed by atoms with Crippen molar-refractivity contribution >= 4 is 16.8 Å². The summed E-state index contributed by atoms with van der Waals surface area (Å²) in [5.41, 5.74) is 3.60. The standard InChI is InChI=1S/C17H16N4O2/c22-16-8-7-14(20-21-16)17(23)18-10-5-6-12-11-3-1-2-4-13(11)19-15(12)9-10/h1-4,7-8,10,19H,5-6,9H2,(H,18,23)(H,21,22). The number of benzene rings is 1. The zero-order valence-corrected chi connectivity index (χ0v) is 12.4. The second kappa shape index (κ2) is 5.39. The normalized spacial score (nSPS) is 17.0. The van der Waals surface area contributed by atoms with Crippen molar-refractivity contribution in [3.63, 3.8) is 0 Å². The van der Waals surface area contributed by atoms with E-state index in [2.05, 4.69) is 32.6 Å². The van der Waals surface area contributed by atoms with E-state index in [0.29, 0.717) is 0 Å². The van der Waals surface area contributed by atoms with Crippen LogP contribution in [0.4, 0.5) is 0 Å². The van der Waals surface area contributed by atoms with Crippen LogP contribution in [-0.4, -0.2) is 27.1 Å². The maximum Gasteiger partial charge on any atom is 0.271 e. The van der Waals surface area contributed by atoms with Gasteiger partial charge in [-0.15, -0.1) is 0 Å². The van der Waals surface area contributed by atoms with E-state index in [9.17, 15) is 9.59 Å². The van der Waals surface area contributed by atoms with E-state index >= 15 is 0 Å². The first-order valence-corrected chi connectivity index (χ1v) is 7.66. The zero-order chi connectivity index (χ0) is 15.8. The number of aryl methyl sites for hydroxylation is 1. The largest absolute Gasteiger partial charge is 0.358 e. The van der Waals surface area contributed by atoms with E-state index in [1.165, 1.54) is 28.8 Å². The molecule has 2 heterocycles. The molecule has 1 unspecified atom stereocenters. The third kappa shape index (κ3) is 2.52. The number of carbonyl (C=O) groups excluding carboxylic acids is 1. The van der Waals surface area contributed by atoms with Crippen LogP contribution in [0, 0.1) is 0 Å². The van der Waals surface area contributed by atoms with Gasteiger partial charge < -0.3 is 10.3 Å². The SMILES string of the molecule is O=C(NC1CCc2c([nH]c3ccccc23)C1)c1ccc(=O)[nH]n1. The Balaban J connectivity index is 1.53. The Kier molecular flexibility index (Phi) is 3.22. The number of para-hydroxylation sites is 1. The van der Waals surface area contributed by atoms with Gasteiger partial charge in [-0.3, -0.25) is 9.59 Å². The summed E-state index contributed by atoms with van der Waals surface area (Å²) < 4.78 is 0. The minimum absolute atomic E-state index is 0.0665. The van der Waals surface area contributed by atoms with Crippen LogP contribution in [0.15, 0.2) is 41.2 Å². The van der Waals surface area contributed by atoms with Crippen LogP contribution >= 0.6 is 0 Å². The van der Waals surface area contributed by atoms with E-state index in [1.54, 1.807) is 0 Å². The highest BCUT2D eigenvalue weighted by atomic mass is 16.2. The molecule has 3 N–H and O–H groups in total. The molecule has 1 aliphatic carbocycles. The second-order valence-electron chi connectivity index (χ2n) is 5.85. The lowest BCUT2D eigenvalue weighted by Crippen LogP contribution is -2.39. The fraction of sp³-hybridized carbons (Fsp3) is 0.235. The predicted octanol–water partition coefficient (Wildman–Crippen LogP) is 1.54. The Bertz CT molecular complexity index is 921. The highest BCUT2D eigenvalue weighted by Crippen LogP contribution is 2.29. The first-order valence-electron chi connectivity index (χ1n) is 7.66. The molecule has 0 radical (unpaired) electrons. The van der Waals surface area contributed by atoms with Gasteiger partial charge in [0.2, 0.25) is 0 Å². The van der Waals surface area contributed by atoms with Gasteiger partial charge in [0, 0.05) is 35.1 Å². The van der Waals surface area contributed by atoms with Gasteiger partial charge in [0.05, 0.1) is 0 Å². The molecule has 0 bridgehead atoms. The van der Waals surface area contributed by atoms with E-state index in [0.717, 1.165) is 24.8 Å². The molecule has 3 aromatic rings. The van der Waals surface area contributed by atoms with Crippen LogP contribution in [0.1, 0.15) is 28.2 Å². The summed E-state index contributed by atoms with van der Waals surface area (Å²) in [4.78, 5) is 26.7. The van der Waals surface area contributed by atoms with Gasteiger partial charge in [0.15, 0.2) is 0 Å². The lowest BCUT2D eigenvalue weighted by molar-refractivity contribution is 0.0927. The summed E-state index contributed by atoms with van der Waals surface area (Å²) >= 11 is 0. The minimum atomic E-state index is -0.318. The molecule has 0 aliphatic heterocycles. The predicted molar refractivity (Wildman–Crippen MR) is 86.4 cm³/mol. The first-order chi connectivity index (χ1) is 11.2. The topological polar surface area (TPSA) is 90.6 Å². The molecule has 0 spiro atoms. The minimum Gasteiger partial charge on any atom is -0.358 e. The number of H-pyrrole nitrogens is 2. The van der Waals surface area contributed by atoms with E-state index in [1.807, 2.05) is 12.1 Å². The van der Waals surface area contributed by atoms with Crippen LogP contribution in [-0.2, 0) is 12.8 Å². The third-order valence-electron chi connectivity index (χ3n) is 4.34. The maximum atomic E-state index is 12.2. The quantitative estimate of drug-likeness (QED) is 0.670. The Hall–Kier alpha value is -2.89. The second-order valence-corrected chi connectivity index (χ2v) is 5.85. The molecule has 6 nitrogen and oxygen atoms in total. The number of hydrogen-bond donors (Lipinski definition) is 3. The molecule has 116 valence electrons. The van der Waals surface area contributed by atoms with Crippen molar-refractivity contribution < 1.29 is 4.79 Å². The molecule has 0 saturated carbocycles. The van der Waals surface area contributed by atoms with Gasteiger partial charge in [0.25, 0.3) is 11.5 Å². The summed E-state index contributed by atoms with van der Waals surface area (Å²) in [5, 5.41) is 10.3. The van der Waals surface area contributed by atoms with Crippen LogP contribution in [0.3, 0.4) is 0 Å². The highest BCUT2D eigenvalue weighted by molar-refractivity contribution is 5.92. The lowest BCUT2D eigenvalue weighted by atomic mass is 9.91. The van der Waals surface area contributed by atoms with Gasteiger partial charge >= 0.3 is 0 Å². The van der Waals surface area contributed by atoms with Crippen molar-refractivity contribution in [3.05, 3.63) is 63.7 Å². The van der Waals surface area contributed by atoms with E-state index in [4.69, 9.17) is 0 Å². The van der Waals surface area contributed by atoms with Crippen LogP contribution in [0.2, 0.25) is 0 Å². The number of amides is 1.